The molecule has 0 radical (unpaired) electrons. The van der Waals surface area contributed by atoms with Crippen LogP contribution in [0.5, 0.6) is 0 Å². The summed E-state index contributed by atoms with van der Waals surface area (Å²) in [5.74, 6) is 0.0879. The van der Waals surface area contributed by atoms with Crippen molar-refractivity contribution in [3.05, 3.63) is 48.3 Å². The smallest absolute Gasteiger partial charge is 0.227 e. The van der Waals surface area contributed by atoms with Crippen LogP contribution in [0, 0.1) is 11.3 Å². The molecule has 1 saturated heterocycles. The predicted octanol–water partition coefficient (Wildman–Crippen LogP) is 3.12. The van der Waals surface area contributed by atoms with Gasteiger partial charge in [0.25, 0.3) is 0 Å². The Labute approximate surface area is 167 Å². The molecule has 1 unspecified atom stereocenters. The third-order valence-corrected chi connectivity index (χ3v) is 5.15. The van der Waals surface area contributed by atoms with Crippen molar-refractivity contribution in [3.63, 3.8) is 0 Å². The van der Waals surface area contributed by atoms with Crippen LogP contribution in [0.15, 0.2) is 42.7 Å². The fourth-order valence-electron chi connectivity index (χ4n) is 3.66. The van der Waals surface area contributed by atoms with Gasteiger partial charge in [-0.15, -0.1) is 0 Å². The number of hydrogen-bond donors (Lipinski definition) is 0. The van der Waals surface area contributed by atoms with E-state index in [1.165, 1.54) is 0 Å². The average Bonchev–Trinajstić information content (AvgIpc) is 3.15. The summed E-state index contributed by atoms with van der Waals surface area (Å²) >= 11 is 0. The summed E-state index contributed by atoms with van der Waals surface area (Å²) in [6, 6.07) is 9.90. The van der Waals surface area contributed by atoms with Gasteiger partial charge in [-0.3, -0.25) is 9.59 Å². The molecule has 6 nitrogen and oxygen atoms in total. The standard InChI is InChI=1S/C22H30N4O2/c1-22(2,3)21(28)25-12-8-9-18(16-25)20(27)24(4)14-17-13-23-26(15-17)19-10-6-5-7-11-19/h5-7,10-11,13,15,18H,8-9,12,14,16H2,1-4H3. The Balaban J connectivity index is 1.61. The van der Waals surface area contributed by atoms with Crippen molar-refractivity contribution >= 4 is 11.8 Å². The molecule has 150 valence electrons. The van der Waals surface area contributed by atoms with Crippen LogP contribution in [0.2, 0.25) is 0 Å². The van der Waals surface area contributed by atoms with E-state index in [1.54, 1.807) is 11.1 Å². The zero-order valence-electron chi connectivity index (χ0n) is 17.3. The summed E-state index contributed by atoms with van der Waals surface area (Å²) in [5.41, 5.74) is 1.56. The topological polar surface area (TPSA) is 58.4 Å². The Morgan fingerprint density at radius 2 is 1.93 bits per heavy atom. The van der Waals surface area contributed by atoms with E-state index >= 15 is 0 Å². The van der Waals surface area contributed by atoms with Gasteiger partial charge in [-0.25, -0.2) is 4.68 Å². The lowest BCUT2D eigenvalue weighted by molar-refractivity contribution is -0.145. The quantitative estimate of drug-likeness (QED) is 0.816. The highest BCUT2D eigenvalue weighted by molar-refractivity contribution is 5.83. The van der Waals surface area contributed by atoms with E-state index in [2.05, 4.69) is 5.10 Å². The second-order valence-electron chi connectivity index (χ2n) is 8.66. The first kappa shape index (κ1) is 20.1. The van der Waals surface area contributed by atoms with E-state index in [4.69, 9.17) is 0 Å². The average molecular weight is 383 g/mol. The van der Waals surface area contributed by atoms with E-state index in [-0.39, 0.29) is 17.7 Å². The number of rotatable bonds is 4. The predicted molar refractivity (Wildman–Crippen MR) is 109 cm³/mol. The summed E-state index contributed by atoms with van der Waals surface area (Å²) in [4.78, 5) is 29.1. The van der Waals surface area contributed by atoms with Crippen LogP contribution >= 0.6 is 0 Å². The van der Waals surface area contributed by atoms with Crippen LogP contribution in [0.3, 0.4) is 0 Å². The molecule has 3 rings (SSSR count). The molecule has 0 saturated carbocycles. The van der Waals surface area contributed by atoms with Gasteiger partial charge in [-0.2, -0.15) is 5.10 Å². The molecule has 28 heavy (non-hydrogen) atoms. The maximum absolute atomic E-state index is 13.0. The van der Waals surface area contributed by atoms with E-state index in [9.17, 15) is 9.59 Å². The Morgan fingerprint density at radius 1 is 1.21 bits per heavy atom. The molecule has 1 aliphatic heterocycles. The maximum Gasteiger partial charge on any atom is 0.227 e. The Kier molecular flexibility index (Phi) is 5.87. The highest BCUT2D eigenvalue weighted by atomic mass is 16.2. The van der Waals surface area contributed by atoms with Crippen molar-refractivity contribution in [2.75, 3.05) is 20.1 Å². The third-order valence-electron chi connectivity index (χ3n) is 5.15. The molecular formula is C22H30N4O2. The molecule has 2 amide bonds. The highest BCUT2D eigenvalue weighted by Crippen LogP contribution is 2.24. The van der Waals surface area contributed by atoms with Crippen molar-refractivity contribution < 1.29 is 9.59 Å². The second kappa shape index (κ2) is 8.17. The third kappa shape index (κ3) is 4.61. The number of nitrogens with zero attached hydrogens (tertiary/aromatic N) is 4. The van der Waals surface area contributed by atoms with Crippen molar-refractivity contribution in [2.45, 2.75) is 40.2 Å². The van der Waals surface area contributed by atoms with Crippen LogP contribution in [0.25, 0.3) is 5.69 Å². The van der Waals surface area contributed by atoms with Gasteiger partial charge in [0.2, 0.25) is 11.8 Å². The Hall–Kier alpha value is -2.63. The van der Waals surface area contributed by atoms with Gasteiger partial charge >= 0.3 is 0 Å². The van der Waals surface area contributed by atoms with Gasteiger partial charge in [-0.1, -0.05) is 39.0 Å². The molecule has 0 spiro atoms. The van der Waals surface area contributed by atoms with Gasteiger partial charge in [0.15, 0.2) is 0 Å². The number of aromatic nitrogens is 2. The summed E-state index contributed by atoms with van der Waals surface area (Å²) in [6.45, 7) is 7.55. The van der Waals surface area contributed by atoms with Crippen molar-refractivity contribution in [3.8, 4) is 5.69 Å². The molecule has 0 aliphatic carbocycles. The van der Waals surface area contributed by atoms with Crippen LogP contribution in [-0.2, 0) is 16.1 Å². The molecule has 6 heteroatoms. The number of benzene rings is 1. The number of likely N-dealkylation sites (tertiary alicyclic amines) is 1. The molecule has 2 aromatic rings. The Morgan fingerprint density at radius 3 is 2.61 bits per heavy atom. The molecule has 2 heterocycles. The number of piperidine rings is 1. The first-order chi connectivity index (χ1) is 13.3. The van der Waals surface area contributed by atoms with E-state index in [0.717, 1.165) is 30.6 Å². The van der Waals surface area contributed by atoms with Crippen LogP contribution in [0.1, 0.15) is 39.2 Å². The summed E-state index contributed by atoms with van der Waals surface area (Å²) in [6.07, 6.45) is 5.46. The molecule has 1 aromatic heterocycles. The largest absolute Gasteiger partial charge is 0.341 e. The minimum absolute atomic E-state index is 0.0962. The van der Waals surface area contributed by atoms with Crippen LogP contribution in [-0.4, -0.2) is 51.5 Å². The highest BCUT2D eigenvalue weighted by Gasteiger charge is 2.34. The summed E-state index contributed by atoms with van der Waals surface area (Å²) in [5, 5.41) is 4.40. The minimum atomic E-state index is -0.414. The number of para-hydroxylation sites is 1. The molecule has 1 fully saturated rings. The van der Waals surface area contributed by atoms with Gasteiger partial charge in [0.05, 0.1) is 17.8 Å². The van der Waals surface area contributed by atoms with Crippen molar-refractivity contribution in [2.24, 2.45) is 11.3 Å². The van der Waals surface area contributed by atoms with Gasteiger partial charge in [-0.05, 0) is 25.0 Å². The number of carbonyl (C=O) groups excluding carboxylic acids is 2. The van der Waals surface area contributed by atoms with E-state index in [0.29, 0.717) is 13.1 Å². The molecule has 1 atom stereocenters. The second-order valence-corrected chi connectivity index (χ2v) is 8.66. The van der Waals surface area contributed by atoms with Crippen molar-refractivity contribution in [1.82, 2.24) is 19.6 Å². The Bertz CT molecular complexity index is 823. The number of amides is 2. The maximum atomic E-state index is 13.0. The lowest BCUT2D eigenvalue weighted by Gasteiger charge is -2.37. The van der Waals surface area contributed by atoms with Gasteiger partial charge in [0.1, 0.15) is 0 Å². The van der Waals surface area contributed by atoms with Crippen LogP contribution < -0.4 is 0 Å². The SMILES string of the molecule is CN(Cc1cnn(-c2ccccc2)c1)C(=O)C1CCCN(C(=O)C(C)(C)C)C1. The summed E-state index contributed by atoms with van der Waals surface area (Å²) in [7, 11) is 1.83. The number of carbonyl (C=O) groups is 2. The normalized spacial score (nSPS) is 17.4. The fraction of sp³-hybridized carbons (Fsp3) is 0.500. The molecule has 0 bridgehead atoms. The monoisotopic (exact) mass is 382 g/mol. The van der Waals surface area contributed by atoms with Crippen molar-refractivity contribution in [1.29, 1.82) is 0 Å². The lowest BCUT2D eigenvalue weighted by atomic mass is 9.90. The molecule has 0 N–H and O–H groups in total. The van der Waals surface area contributed by atoms with E-state index in [1.807, 2.05) is 73.9 Å². The summed E-state index contributed by atoms with van der Waals surface area (Å²) < 4.78 is 1.82. The fourth-order valence-corrected chi connectivity index (χ4v) is 3.66. The minimum Gasteiger partial charge on any atom is -0.341 e. The zero-order chi connectivity index (χ0) is 20.3. The lowest BCUT2D eigenvalue weighted by Crippen LogP contribution is -2.48. The van der Waals surface area contributed by atoms with E-state index < -0.39 is 5.41 Å². The van der Waals surface area contributed by atoms with Gasteiger partial charge in [0, 0.05) is 43.9 Å². The first-order valence-electron chi connectivity index (χ1n) is 9.89. The molecule has 1 aliphatic rings. The van der Waals surface area contributed by atoms with Crippen LogP contribution in [0.4, 0.5) is 0 Å². The molecule has 1 aromatic carbocycles. The first-order valence-corrected chi connectivity index (χ1v) is 9.89. The molecular weight excluding hydrogens is 352 g/mol. The number of hydrogen-bond acceptors (Lipinski definition) is 3. The van der Waals surface area contributed by atoms with Gasteiger partial charge < -0.3 is 9.80 Å². The zero-order valence-corrected chi connectivity index (χ0v) is 17.3.